The van der Waals surface area contributed by atoms with Gasteiger partial charge in [-0.3, -0.25) is 0 Å². The van der Waals surface area contributed by atoms with Crippen LogP contribution in [0.5, 0.6) is 0 Å². The standard InChI is InChI=1S/C12H22N6/c1-4-12(6-5-7-12)8-14-10-15-9(13)16-11(17-10)18(2)3/h4-8H2,1-3H3,(H3,13,14,15,16,17). The van der Waals surface area contributed by atoms with E-state index in [1.807, 2.05) is 19.0 Å². The number of hydrogen-bond donors (Lipinski definition) is 2. The lowest BCUT2D eigenvalue weighted by molar-refractivity contribution is 0.144. The van der Waals surface area contributed by atoms with E-state index in [1.165, 1.54) is 25.7 Å². The molecule has 0 bridgehead atoms. The van der Waals surface area contributed by atoms with Gasteiger partial charge in [-0.1, -0.05) is 13.3 Å². The van der Waals surface area contributed by atoms with E-state index in [4.69, 9.17) is 5.73 Å². The van der Waals surface area contributed by atoms with Gasteiger partial charge in [0.15, 0.2) is 0 Å². The topological polar surface area (TPSA) is 80.0 Å². The number of nitrogens with one attached hydrogen (secondary N) is 1. The van der Waals surface area contributed by atoms with Crippen LogP contribution >= 0.6 is 0 Å². The first-order valence-electron chi connectivity index (χ1n) is 6.47. The van der Waals surface area contributed by atoms with Crippen molar-refractivity contribution in [2.45, 2.75) is 32.6 Å². The molecule has 1 aromatic rings. The first-order chi connectivity index (χ1) is 8.54. The highest BCUT2D eigenvalue weighted by Crippen LogP contribution is 2.43. The summed E-state index contributed by atoms with van der Waals surface area (Å²) in [5, 5.41) is 3.31. The lowest BCUT2D eigenvalue weighted by Crippen LogP contribution is -2.36. The predicted octanol–water partition coefficient (Wildman–Crippen LogP) is 1.51. The van der Waals surface area contributed by atoms with Gasteiger partial charge in [-0.25, -0.2) is 0 Å². The van der Waals surface area contributed by atoms with Gasteiger partial charge in [0, 0.05) is 20.6 Å². The van der Waals surface area contributed by atoms with Crippen LogP contribution in [0, 0.1) is 5.41 Å². The van der Waals surface area contributed by atoms with Crippen LogP contribution in [0.4, 0.5) is 17.8 Å². The van der Waals surface area contributed by atoms with Gasteiger partial charge < -0.3 is 16.0 Å². The third kappa shape index (κ3) is 2.63. The molecule has 6 heteroatoms. The highest BCUT2D eigenvalue weighted by molar-refractivity contribution is 5.40. The van der Waals surface area contributed by atoms with Crippen LogP contribution in [0.1, 0.15) is 32.6 Å². The van der Waals surface area contributed by atoms with Gasteiger partial charge in [0.2, 0.25) is 17.8 Å². The Hall–Kier alpha value is -1.59. The van der Waals surface area contributed by atoms with Gasteiger partial charge in [0.05, 0.1) is 0 Å². The Balaban J connectivity index is 2.05. The van der Waals surface area contributed by atoms with Crippen molar-refractivity contribution in [3.63, 3.8) is 0 Å². The molecule has 1 heterocycles. The number of anilines is 3. The third-order valence-corrected chi connectivity index (χ3v) is 3.83. The Morgan fingerprint density at radius 3 is 2.50 bits per heavy atom. The minimum atomic E-state index is 0.260. The van der Waals surface area contributed by atoms with Crippen LogP contribution in [0.3, 0.4) is 0 Å². The normalized spacial score (nSPS) is 17.1. The molecule has 100 valence electrons. The Labute approximate surface area is 108 Å². The lowest BCUT2D eigenvalue weighted by Gasteiger charge is -2.41. The van der Waals surface area contributed by atoms with Gasteiger partial charge in [0.1, 0.15) is 0 Å². The molecule has 0 amide bonds. The zero-order valence-electron chi connectivity index (χ0n) is 11.4. The second kappa shape index (κ2) is 4.96. The molecule has 0 aromatic carbocycles. The van der Waals surface area contributed by atoms with E-state index in [1.54, 1.807) is 0 Å². The highest BCUT2D eigenvalue weighted by Gasteiger charge is 2.34. The average molecular weight is 250 g/mol. The first-order valence-corrected chi connectivity index (χ1v) is 6.47. The van der Waals surface area contributed by atoms with Gasteiger partial charge in [-0.2, -0.15) is 15.0 Å². The fourth-order valence-electron chi connectivity index (χ4n) is 2.26. The molecular weight excluding hydrogens is 228 g/mol. The quantitative estimate of drug-likeness (QED) is 0.824. The molecule has 0 radical (unpaired) electrons. The van der Waals surface area contributed by atoms with Crippen molar-refractivity contribution in [3.8, 4) is 0 Å². The van der Waals surface area contributed by atoms with E-state index in [0.29, 0.717) is 17.3 Å². The Kier molecular flexibility index (Phi) is 3.54. The van der Waals surface area contributed by atoms with Crippen molar-refractivity contribution < 1.29 is 0 Å². The molecule has 0 saturated heterocycles. The largest absolute Gasteiger partial charge is 0.368 e. The smallest absolute Gasteiger partial charge is 0.231 e. The molecule has 0 unspecified atom stereocenters. The number of rotatable bonds is 5. The minimum Gasteiger partial charge on any atom is -0.368 e. The molecule has 2 rings (SSSR count). The molecule has 1 aliphatic rings. The van der Waals surface area contributed by atoms with Crippen molar-refractivity contribution >= 4 is 17.8 Å². The summed E-state index contributed by atoms with van der Waals surface area (Å²) in [6, 6.07) is 0. The second-order valence-corrected chi connectivity index (χ2v) is 5.27. The van der Waals surface area contributed by atoms with Gasteiger partial charge in [-0.15, -0.1) is 0 Å². The zero-order chi connectivity index (χ0) is 13.2. The van der Waals surface area contributed by atoms with Crippen molar-refractivity contribution in [1.82, 2.24) is 15.0 Å². The van der Waals surface area contributed by atoms with Crippen molar-refractivity contribution in [2.24, 2.45) is 5.41 Å². The molecule has 0 atom stereocenters. The van der Waals surface area contributed by atoms with Crippen LogP contribution in [0.25, 0.3) is 0 Å². The van der Waals surface area contributed by atoms with E-state index >= 15 is 0 Å². The lowest BCUT2D eigenvalue weighted by atomic mass is 9.67. The summed E-state index contributed by atoms with van der Waals surface area (Å²) in [6.45, 7) is 3.16. The van der Waals surface area contributed by atoms with Gasteiger partial charge in [-0.05, 0) is 24.7 Å². The number of hydrogen-bond acceptors (Lipinski definition) is 6. The Morgan fingerprint density at radius 1 is 1.28 bits per heavy atom. The monoisotopic (exact) mass is 250 g/mol. The summed E-state index contributed by atoms with van der Waals surface area (Å²) in [4.78, 5) is 14.4. The second-order valence-electron chi connectivity index (χ2n) is 5.27. The summed E-state index contributed by atoms with van der Waals surface area (Å²) in [5.41, 5.74) is 6.12. The molecule has 1 fully saturated rings. The third-order valence-electron chi connectivity index (χ3n) is 3.83. The fraction of sp³-hybridized carbons (Fsp3) is 0.750. The molecule has 3 N–H and O–H groups in total. The number of aromatic nitrogens is 3. The molecule has 6 nitrogen and oxygen atoms in total. The molecular formula is C12H22N6. The number of nitrogen functional groups attached to an aromatic ring is 1. The predicted molar refractivity (Wildman–Crippen MR) is 73.6 cm³/mol. The van der Waals surface area contributed by atoms with Crippen LogP contribution < -0.4 is 16.0 Å². The van der Waals surface area contributed by atoms with E-state index in [2.05, 4.69) is 27.2 Å². The molecule has 0 spiro atoms. The van der Waals surface area contributed by atoms with E-state index < -0.39 is 0 Å². The molecule has 1 aromatic heterocycles. The summed E-state index contributed by atoms with van der Waals surface area (Å²) in [5.74, 6) is 1.42. The summed E-state index contributed by atoms with van der Waals surface area (Å²) in [6.07, 6.45) is 5.11. The molecule has 1 saturated carbocycles. The number of nitrogens with zero attached hydrogens (tertiary/aromatic N) is 4. The van der Waals surface area contributed by atoms with Gasteiger partial charge in [0.25, 0.3) is 0 Å². The first kappa shape index (κ1) is 12.9. The maximum atomic E-state index is 5.69. The van der Waals surface area contributed by atoms with Crippen molar-refractivity contribution in [1.29, 1.82) is 0 Å². The van der Waals surface area contributed by atoms with E-state index in [0.717, 1.165) is 6.54 Å². The van der Waals surface area contributed by atoms with Crippen molar-refractivity contribution in [3.05, 3.63) is 0 Å². The number of nitrogens with two attached hydrogens (primary N) is 1. The Morgan fingerprint density at radius 2 is 2.00 bits per heavy atom. The molecule has 18 heavy (non-hydrogen) atoms. The van der Waals surface area contributed by atoms with E-state index in [9.17, 15) is 0 Å². The van der Waals surface area contributed by atoms with Crippen LogP contribution in [0.2, 0.25) is 0 Å². The minimum absolute atomic E-state index is 0.260. The summed E-state index contributed by atoms with van der Waals surface area (Å²) in [7, 11) is 3.77. The zero-order valence-corrected chi connectivity index (χ0v) is 11.4. The molecule has 1 aliphatic carbocycles. The van der Waals surface area contributed by atoms with Gasteiger partial charge >= 0.3 is 0 Å². The van der Waals surface area contributed by atoms with Crippen LogP contribution in [0.15, 0.2) is 0 Å². The fourth-order valence-corrected chi connectivity index (χ4v) is 2.26. The highest BCUT2D eigenvalue weighted by atomic mass is 15.3. The van der Waals surface area contributed by atoms with Crippen molar-refractivity contribution in [2.75, 3.05) is 36.6 Å². The average Bonchev–Trinajstić information content (AvgIpc) is 2.27. The van der Waals surface area contributed by atoms with Crippen LogP contribution in [-0.2, 0) is 0 Å². The maximum absolute atomic E-state index is 5.69. The van der Waals surface area contributed by atoms with Crippen LogP contribution in [-0.4, -0.2) is 35.6 Å². The molecule has 0 aliphatic heterocycles. The maximum Gasteiger partial charge on any atom is 0.231 e. The Bertz CT molecular complexity index is 408. The summed E-state index contributed by atoms with van der Waals surface area (Å²) < 4.78 is 0. The SMILES string of the molecule is CCC1(CNc2nc(N)nc(N(C)C)n2)CCC1. The van der Waals surface area contributed by atoms with E-state index in [-0.39, 0.29) is 5.95 Å². The summed E-state index contributed by atoms with van der Waals surface area (Å²) >= 11 is 0.